The number of hydrogen-bond donors (Lipinski definition) is 2. The van der Waals surface area contributed by atoms with Crippen LogP contribution in [-0.2, 0) is 4.79 Å². The molecule has 0 rings (SSSR count). The molecule has 0 aliphatic carbocycles. The second-order valence-electron chi connectivity index (χ2n) is 2.36. The number of aliphatic carboxylic acids is 1. The van der Waals surface area contributed by atoms with Gasteiger partial charge in [-0.2, -0.15) is 0 Å². The summed E-state index contributed by atoms with van der Waals surface area (Å²) in [5, 5.41) is 17.4. The molecule has 0 radical (unpaired) electrons. The summed E-state index contributed by atoms with van der Waals surface area (Å²) in [7, 11) is 0. The molecular formula is C7H14O3. The molecule has 10 heavy (non-hydrogen) atoms. The fourth-order valence-corrected chi connectivity index (χ4v) is 0.937. The Morgan fingerprint density at radius 1 is 1.40 bits per heavy atom. The van der Waals surface area contributed by atoms with Gasteiger partial charge in [-0.3, -0.25) is 0 Å². The lowest BCUT2D eigenvalue weighted by molar-refractivity contribution is -0.149. The largest absolute Gasteiger partial charge is 0.479 e. The van der Waals surface area contributed by atoms with Gasteiger partial charge in [-0.05, 0) is 5.92 Å². The average Bonchev–Trinajstić information content (AvgIpc) is 1.90. The van der Waals surface area contributed by atoms with Crippen LogP contribution in [0.1, 0.15) is 26.7 Å². The zero-order valence-electron chi connectivity index (χ0n) is 6.37. The maximum atomic E-state index is 10.2. The summed E-state index contributed by atoms with van der Waals surface area (Å²) in [6.45, 7) is 3.75. The van der Waals surface area contributed by atoms with Crippen LogP contribution < -0.4 is 0 Å². The van der Waals surface area contributed by atoms with E-state index in [1.165, 1.54) is 0 Å². The van der Waals surface area contributed by atoms with Gasteiger partial charge < -0.3 is 10.2 Å². The Hall–Kier alpha value is -0.570. The fourth-order valence-electron chi connectivity index (χ4n) is 0.937. The average molecular weight is 146 g/mol. The highest BCUT2D eigenvalue weighted by atomic mass is 16.4. The third-order valence-corrected chi connectivity index (χ3v) is 1.75. The molecule has 3 nitrogen and oxygen atoms in total. The summed E-state index contributed by atoms with van der Waals surface area (Å²) in [4.78, 5) is 10.2. The van der Waals surface area contributed by atoms with Gasteiger partial charge in [0.15, 0.2) is 6.10 Å². The summed E-state index contributed by atoms with van der Waals surface area (Å²) in [6, 6.07) is 0. The van der Waals surface area contributed by atoms with Crippen LogP contribution in [0.25, 0.3) is 0 Å². The number of aliphatic hydroxyl groups is 1. The van der Waals surface area contributed by atoms with E-state index in [1.807, 2.05) is 13.8 Å². The van der Waals surface area contributed by atoms with Crippen LogP contribution in [0, 0.1) is 5.92 Å². The van der Waals surface area contributed by atoms with Crippen LogP contribution in [0.4, 0.5) is 0 Å². The van der Waals surface area contributed by atoms with E-state index in [0.717, 1.165) is 0 Å². The molecule has 1 unspecified atom stereocenters. The molecule has 0 aliphatic heterocycles. The van der Waals surface area contributed by atoms with E-state index < -0.39 is 12.1 Å². The van der Waals surface area contributed by atoms with Crippen LogP contribution >= 0.6 is 0 Å². The van der Waals surface area contributed by atoms with Gasteiger partial charge in [0.2, 0.25) is 0 Å². The van der Waals surface area contributed by atoms with Gasteiger partial charge in [0.25, 0.3) is 0 Å². The molecule has 1 atom stereocenters. The molecule has 0 amide bonds. The minimum absolute atomic E-state index is 0.0995. The van der Waals surface area contributed by atoms with Crippen molar-refractivity contribution in [1.82, 2.24) is 0 Å². The van der Waals surface area contributed by atoms with Gasteiger partial charge in [0.1, 0.15) is 0 Å². The number of carboxylic acids is 1. The van der Waals surface area contributed by atoms with Crippen molar-refractivity contribution in [3.8, 4) is 0 Å². The van der Waals surface area contributed by atoms with Crippen molar-refractivity contribution >= 4 is 5.97 Å². The first-order chi connectivity index (χ1) is 4.63. The highest BCUT2D eigenvalue weighted by molar-refractivity contribution is 5.72. The molecule has 0 fully saturated rings. The number of aliphatic hydroxyl groups excluding tert-OH is 1. The molecule has 0 aliphatic rings. The molecule has 60 valence electrons. The monoisotopic (exact) mass is 146 g/mol. The molecule has 0 saturated carbocycles. The van der Waals surface area contributed by atoms with Gasteiger partial charge in [-0.25, -0.2) is 4.79 Å². The summed E-state index contributed by atoms with van der Waals surface area (Å²) in [6.07, 6.45) is 0.239. The molecule has 0 spiro atoms. The van der Waals surface area contributed by atoms with Crippen molar-refractivity contribution in [3.05, 3.63) is 0 Å². The zero-order chi connectivity index (χ0) is 8.15. The lowest BCUT2D eigenvalue weighted by atomic mass is 9.97. The first kappa shape index (κ1) is 9.43. The lowest BCUT2D eigenvalue weighted by Crippen LogP contribution is -2.28. The number of carboxylic acid groups (broad SMARTS) is 1. The minimum Gasteiger partial charge on any atom is -0.479 e. The topological polar surface area (TPSA) is 57.5 Å². The van der Waals surface area contributed by atoms with E-state index in [-0.39, 0.29) is 5.92 Å². The van der Waals surface area contributed by atoms with Crippen molar-refractivity contribution in [2.24, 2.45) is 5.92 Å². The third-order valence-electron chi connectivity index (χ3n) is 1.75. The van der Waals surface area contributed by atoms with Crippen LogP contribution in [0.3, 0.4) is 0 Å². The SMILES string of the molecule is CCC(CC)C(O)C(=O)O. The molecule has 0 aromatic carbocycles. The standard InChI is InChI=1S/C7H14O3/c1-3-5(4-2)6(8)7(9)10/h5-6,8H,3-4H2,1-2H3,(H,9,10). The second kappa shape index (κ2) is 4.28. The Kier molecular flexibility index (Phi) is 4.03. The van der Waals surface area contributed by atoms with Gasteiger partial charge in [-0.1, -0.05) is 26.7 Å². The Morgan fingerprint density at radius 2 is 1.80 bits per heavy atom. The van der Waals surface area contributed by atoms with E-state index in [4.69, 9.17) is 10.2 Å². The number of rotatable bonds is 4. The first-order valence-electron chi connectivity index (χ1n) is 3.54. The van der Waals surface area contributed by atoms with Gasteiger partial charge in [0.05, 0.1) is 0 Å². The molecule has 0 heterocycles. The third kappa shape index (κ3) is 2.35. The smallest absolute Gasteiger partial charge is 0.332 e. The van der Waals surface area contributed by atoms with E-state index in [9.17, 15) is 4.79 Å². The van der Waals surface area contributed by atoms with E-state index in [2.05, 4.69) is 0 Å². The summed E-state index contributed by atoms with van der Waals surface area (Å²) in [5.41, 5.74) is 0. The summed E-state index contributed by atoms with van der Waals surface area (Å²) < 4.78 is 0. The van der Waals surface area contributed by atoms with E-state index >= 15 is 0 Å². The lowest BCUT2D eigenvalue weighted by Gasteiger charge is -2.14. The fraction of sp³-hybridized carbons (Fsp3) is 0.857. The summed E-state index contributed by atoms with van der Waals surface area (Å²) in [5.74, 6) is -1.22. The Balaban J connectivity index is 3.88. The van der Waals surface area contributed by atoms with Crippen molar-refractivity contribution in [1.29, 1.82) is 0 Å². The van der Waals surface area contributed by atoms with Crippen LogP contribution in [0.2, 0.25) is 0 Å². The van der Waals surface area contributed by atoms with Crippen molar-refractivity contribution < 1.29 is 15.0 Å². The highest BCUT2D eigenvalue weighted by Crippen LogP contribution is 2.12. The highest BCUT2D eigenvalue weighted by Gasteiger charge is 2.21. The Labute approximate surface area is 60.7 Å². The van der Waals surface area contributed by atoms with Crippen molar-refractivity contribution in [3.63, 3.8) is 0 Å². The normalized spacial score (nSPS) is 13.6. The Morgan fingerprint density at radius 3 is 1.90 bits per heavy atom. The van der Waals surface area contributed by atoms with Crippen LogP contribution in [0.5, 0.6) is 0 Å². The second-order valence-corrected chi connectivity index (χ2v) is 2.36. The molecular weight excluding hydrogens is 132 g/mol. The minimum atomic E-state index is -1.19. The predicted octanol–water partition coefficient (Wildman–Crippen LogP) is 0.868. The molecule has 0 aromatic rings. The molecule has 0 bridgehead atoms. The maximum Gasteiger partial charge on any atom is 0.332 e. The predicted molar refractivity (Wildman–Crippen MR) is 37.7 cm³/mol. The van der Waals surface area contributed by atoms with E-state index in [1.54, 1.807) is 0 Å². The molecule has 3 heteroatoms. The Bertz CT molecular complexity index is 107. The first-order valence-corrected chi connectivity index (χ1v) is 3.54. The van der Waals surface area contributed by atoms with Crippen LogP contribution in [-0.4, -0.2) is 22.3 Å². The van der Waals surface area contributed by atoms with Gasteiger partial charge in [-0.15, -0.1) is 0 Å². The van der Waals surface area contributed by atoms with Crippen molar-refractivity contribution in [2.75, 3.05) is 0 Å². The van der Waals surface area contributed by atoms with Gasteiger partial charge >= 0.3 is 5.97 Å². The van der Waals surface area contributed by atoms with Crippen molar-refractivity contribution in [2.45, 2.75) is 32.8 Å². The summed E-state index contributed by atoms with van der Waals surface area (Å²) >= 11 is 0. The maximum absolute atomic E-state index is 10.2. The van der Waals surface area contributed by atoms with Gasteiger partial charge in [0, 0.05) is 0 Å². The molecule has 2 N–H and O–H groups in total. The number of carbonyl (C=O) groups is 1. The number of hydrogen-bond acceptors (Lipinski definition) is 2. The zero-order valence-corrected chi connectivity index (χ0v) is 6.37. The molecule has 0 saturated heterocycles. The quantitative estimate of drug-likeness (QED) is 0.618. The van der Waals surface area contributed by atoms with E-state index in [0.29, 0.717) is 12.8 Å². The molecule has 0 aromatic heterocycles. The van der Waals surface area contributed by atoms with Crippen LogP contribution in [0.15, 0.2) is 0 Å².